The van der Waals surface area contributed by atoms with E-state index in [0.29, 0.717) is 18.2 Å². The molecule has 1 saturated carbocycles. The second kappa shape index (κ2) is 5.95. The summed E-state index contributed by atoms with van der Waals surface area (Å²) < 4.78 is 1.07. The number of ketones is 1. The van der Waals surface area contributed by atoms with E-state index in [1.807, 2.05) is 12.1 Å². The molecule has 3 fully saturated rings. The Hall–Kier alpha value is -1.32. The molecule has 0 spiro atoms. The minimum absolute atomic E-state index is 0.0878. The largest absolute Gasteiger partial charge is 0.360 e. The standard InChI is InChI=1S/C19H17BrClNO/c20-13-3-7-15(8-4-13)22-16-9-10-17(18(23)11-16)19(22)12-1-5-14(21)6-2-12/h1-8,16-17,19H,9-11H2/t16-,17+,19+/m0/s1. The summed E-state index contributed by atoms with van der Waals surface area (Å²) in [5, 5.41) is 0.733. The summed E-state index contributed by atoms with van der Waals surface area (Å²) in [5.74, 6) is 0.499. The van der Waals surface area contributed by atoms with Crippen LogP contribution in [0.4, 0.5) is 5.69 Å². The lowest BCUT2D eigenvalue weighted by molar-refractivity contribution is -0.128. The highest BCUT2D eigenvalue weighted by Gasteiger charge is 2.47. The van der Waals surface area contributed by atoms with E-state index in [0.717, 1.165) is 22.3 Å². The molecule has 2 aromatic rings. The molecule has 2 aliphatic heterocycles. The molecule has 2 nitrogen and oxygen atoms in total. The number of carbonyl (C=O) groups excluding carboxylic acids is 1. The molecule has 0 amide bonds. The molecule has 3 aliphatic rings. The zero-order chi connectivity index (χ0) is 16.0. The number of halogens is 2. The van der Waals surface area contributed by atoms with Gasteiger partial charge in [0.2, 0.25) is 0 Å². The van der Waals surface area contributed by atoms with Crippen molar-refractivity contribution in [2.24, 2.45) is 5.92 Å². The van der Waals surface area contributed by atoms with Gasteiger partial charge in [-0.15, -0.1) is 0 Å². The van der Waals surface area contributed by atoms with Crippen molar-refractivity contribution in [3.63, 3.8) is 0 Å². The number of rotatable bonds is 2. The molecule has 2 bridgehead atoms. The number of Topliss-reactive ketones (excluding diaryl/α,β-unsaturated/α-hetero) is 1. The second-order valence-electron chi connectivity index (χ2n) is 6.39. The third kappa shape index (κ3) is 2.70. The highest BCUT2D eigenvalue weighted by atomic mass is 79.9. The second-order valence-corrected chi connectivity index (χ2v) is 7.74. The maximum absolute atomic E-state index is 12.5. The Kier molecular flexibility index (Phi) is 3.94. The van der Waals surface area contributed by atoms with Crippen molar-refractivity contribution in [3.8, 4) is 0 Å². The van der Waals surface area contributed by atoms with Crippen molar-refractivity contribution in [1.29, 1.82) is 0 Å². The molecule has 2 saturated heterocycles. The third-order valence-corrected chi connectivity index (χ3v) is 5.85. The van der Waals surface area contributed by atoms with E-state index in [-0.39, 0.29) is 12.0 Å². The van der Waals surface area contributed by atoms with Crippen LogP contribution in [0.2, 0.25) is 5.02 Å². The highest BCUT2D eigenvalue weighted by Crippen LogP contribution is 2.48. The molecule has 0 radical (unpaired) electrons. The van der Waals surface area contributed by atoms with Crippen molar-refractivity contribution in [2.75, 3.05) is 4.90 Å². The van der Waals surface area contributed by atoms with Crippen molar-refractivity contribution in [3.05, 3.63) is 63.6 Å². The van der Waals surface area contributed by atoms with Gasteiger partial charge in [-0.1, -0.05) is 39.7 Å². The van der Waals surface area contributed by atoms with E-state index in [2.05, 4.69) is 57.2 Å². The van der Waals surface area contributed by atoms with Crippen molar-refractivity contribution < 1.29 is 4.79 Å². The lowest BCUT2D eigenvalue weighted by Gasteiger charge is -2.52. The first kappa shape index (κ1) is 15.2. The van der Waals surface area contributed by atoms with E-state index in [9.17, 15) is 4.79 Å². The fourth-order valence-corrected chi connectivity index (χ4v) is 4.44. The Morgan fingerprint density at radius 3 is 2.35 bits per heavy atom. The van der Waals surface area contributed by atoms with Crippen LogP contribution < -0.4 is 4.90 Å². The maximum atomic E-state index is 12.5. The van der Waals surface area contributed by atoms with Crippen LogP contribution in [0.25, 0.3) is 0 Å². The van der Waals surface area contributed by atoms with Crippen LogP contribution in [0.3, 0.4) is 0 Å². The van der Waals surface area contributed by atoms with E-state index in [1.165, 1.54) is 11.3 Å². The summed E-state index contributed by atoms with van der Waals surface area (Å²) in [6.07, 6.45) is 2.76. The van der Waals surface area contributed by atoms with Crippen LogP contribution in [0.15, 0.2) is 53.0 Å². The van der Waals surface area contributed by atoms with Gasteiger partial charge in [-0.25, -0.2) is 0 Å². The predicted octanol–water partition coefficient (Wildman–Crippen LogP) is 5.40. The van der Waals surface area contributed by atoms with Gasteiger partial charge in [0.15, 0.2) is 0 Å². The molecule has 3 atom stereocenters. The molecule has 118 valence electrons. The lowest BCUT2D eigenvalue weighted by atomic mass is 9.71. The number of fused-ring (bicyclic) bond motifs is 3. The molecule has 23 heavy (non-hydrogen) atoms. The number of hydrogen-bond donors (Lipinski definition) is 0. The van der Waals surface area contributed by atoms with Crippen molar-refractivity contribution >= 4 is 39.0 Å². The normalized spacial score (nSPS) is 26.6. The topological polar surface area (TPSA) is 20.3 Å². The molecule has 4 heteroatoms. The zero-order valence-electron chi connectivity index (χ0n) is 12.6. The van der Waals surface area contributed by atoms with Gasteiger partial charge in [0.25, 0.3) is 0 Å². The molecular weight excluding hydrogens is 374 g/mol. The van der Waals surface area contributed by atoms with Crippen LogP contribution in [0.5, 0.6) is 0 Å². The van der Waals surface area contributed by atoms with Gasteiger partial charge in [0.1, 0.15) is 5.78 Å². The molecule has 0 aromatic heterocycles. The Balaban J connectivity index is 1.79. The quantitative estimate of drug-likeness (QED) is 0.684. The fourth-order valence-electron chi connectivity index (χ4n) is 4.05. The average molecular weight is 391 g/mol. The van der Waals surface area contributed by atoms with Crippen LogP contribution in [-0.2, 0) is 4.79 Å². The molecule has 5 rings (SSSR count). The number of carbonyl (C=O) groups is 1. The van der Waals surface area contributed by atoms with Crippen molar-refractivity contribution in [2.45, 2.75) is 31.3 Å². The number of anilines is 1. The monoisotopic (exact) mass is 389 g/mol. The molecular formula is C19H17BrClNO. The summed E-state index contributed by atoms with van der Waals surface area (Å²) >= 11 is 9.54. The van der Waals surface area contributed by atoms with E-state index >= 15 is 0 Å². The summed E-state index contributed by atoms with van der Waals surface area (Å²) in [5.41, 5.74) is 2.37. The van der Waals surface area contributed by atoms with E-state index in [1.54, 1.807) is 0 Å². The summed E-state index contributed by atoms with van der Waals surface area (Å²) in [7, 11) is 0. The molecule has 0 N–H and O–H groups in total. The van der Waals surface area contributed by atoms with Gasteiger partial charge in [0.05, 0.1) is 6.04 Å². The smallest absolute Gasteiger partial charge is 0.140 e. The fraction of sp³-hybridized carbons (Fsp3) is 0.316. The van der Waals surface area contributed by atoms with E-state index in [4.69, 9.17) is 11.6 Å². The number of hydrogen-bond acceptors (Lipinski definition) is 2. The SMILES string of the molecule is O=C1C[C@@H]2CC[C@H]1[C@@H](c1ccc(Cl)cc1)N2c1ccc(Br)cc1. The lowest BCUT2D eigenvalue weighted by Crippen LogP contribution is -2.54. The first-order valence-electron chi connectivity index (χ1n) is 7.95. The first-order chi connectivity index (χ1) is 11.1. The maximum Gasteiger partial charge on any atom is 0.140 e. The average Bonchev–Trinajstić information content (AvgIpc) is 2.56. The predicted molar refractivity (Wildman–Crippen MR) is 97.0 cm³/mol. The Morgan fingerprint density at radius 2 is 1.70 bits per heavy atom. The third-order valence-electron chi connectivity index (χ3n) is 5.07. The van der Waals surface area contributed by atoms with Gasteiger partial charge in [-0.05, 0) is 54.8 Å². The highest BCUT2D eigenvalue weighted by molar-refractivity contribution is 9.10. The van der Waals surface area contributed by atoms with Gasteiger partial charge in [0, 0.05) is 33.6 Å². The summed E-state index contributed by atoms with van der Waals surface area (Å²) in [4.78, 5) is 14.9. The first-order valence-corrected chi connectivity index (χ1v) is 9.12. The summed E-state index contributed by atoms with van der Waals surface area (Å²) in [6, 6.07) is 16.8. The van der Waals surface area contributed by atoms with Gasteiger partial charge < -0.3 is 4.90 Å². The Morgan fingerprint density at radius 1 is 1.00 bits per heavy atom. The van der Waals surface area contributed by atoms with Crippen LogP contribution in [0.1, 0.15) is 30.9 Å². The van der Waals surface area contributed by atoms with Crippen molar-refractivity contribution in [1.82, 2.24) is 0 Å². The minimum atomic E-state index is 0.0878. The van der Waals surface area contributed by atoms with Crippen LogP contribution in [0, 0.1) is 5.92 Å². The Labute approximate surface area is 149 Å². The molecule has 2 heterocycles. The van der Waals surface area contributed by atoms with Gasteiger partial charge in [-0.2, -0.15) is 0 Å². The van der Waals surface area contributed by atoms with Crippen LogP contribution >= 0.6 is 27.5 Å². The number of piperidine rings is 2. The Bertz CT molecular complexity index is 728. The molecule has 0 unspecified atom stereocenters. The number of benzene rings is 2. The minimum Gasteiger partial charge on any atom is -0.360 e. The van der Waals surface area contributed by atoms with E-state index < -0.39 is 0 Å². The molecule has 1 aliphatic carbocycles. The summed E-state index contributed by atoms with van der Waals surface area (Å²) in [6.45, 7) is 0. The van der Waals surface area contributed by atoms with Crippen LogP contribution in [-0.4, -0.2) is 11.8 Å². The zero-order valence-corrected chi connectivity index (χ0v) is 14.9. The van der Waals surface area contributed by atoms with Gasteiger partial charge >= 0.3 is 0 Å². The van der Waals surface area contributed by atoms with Gasteiger partial charge in [-0.3, -0.25) is 4.79 Å². The molecule has 2 aromatic carbocycles. The number of nitrogens with zero attached hydrogens (tertiary/aromatic N) is 1.